The number of hydrogen-bond acceptors (Lipinski definition) is 4. The lowest BCUT2D eigenvalue weighted by molar-refractivity contribution is -0.384. The van der Waals surface area contributed by atoms with Gasteiger partial charge in [0.15, 0.2) is 0 Å². The highest BCUT2D eigenvalue weighted by Crippen LogP contribution is 2.22. The van der Waals surface area contributed by atoms with E-state index in [1.807, 2.05) is 13.1 Å². The largest absolute Gasteiger partial charge is 0.329 e. The van der Waals surface area contributed by atoms with Crippen molar-refractivity contribution in [1.29, 1.82) is 0 Å². The van der Waals surface area contributed by atoms with Crippen molar-refractivity contribution in [2.24, 2.45) is 5.73 Å². The second kappa shape index (κ2) is 7.08. The molecule has 0 amide bonds. The van der Waals surface area contributed by atoms with Crippen LogP contribution >= 0.6 is 0 Å². The van der Waals surface area contributed by atoms with E-state index in [0.717, 1.165) is 24.9 Å². The molecule has 1 aromatic carbocycles. The van der Waals surface area contributed by atoms with Crippen molar-refractivity contribution in [3.63, 3.8) is 0 Å². The monoisotopic (exact) mass is 251 g/mol. The van der Waals surface area contributed by atoms with E-state index >= 15 is 0 Å². The Morgan fingerprint density at radius 3 is 2.78 bits per heavy atom. The van der Waals surface area contributed by atoms with Gasteiger partial charge in [0.1, 0.15) is 0 Å². The molecular formula is C13H21N3O2. The SMILES string of the molecule is CCCCN(C)C(CN)c1cccc([N+](=O)[O-])c1. The molecule has 0 saturated heterocycles. The first kappa shape index (κ1) is 14.6. The zero-order chi connectivity index (χ0) is 13.5. The number of rotatable bonds is 7. The van der Waals surface area contributed by atoms with Crippen LogP contribution in [0.5, 0.6) is 0 Å². The van der Waals surface area contributed by atoms with E-state index in [1.54, 1.807) is 12.1 Å². The molecular weight excluding hydrogens is 230 g/mol. The highest BCUT2D eigenvalue weighted by atomic mass is 16.6. The molecule has 1 unspecified atom stereocenters. The van der Waals surface area contributed by atoms with Crippen molar-refractivity contribution in [2.75, 3.05) is 20.1 Å². The van der Waals surface area contributed by atoms with Crippen LogP contribution in [0.4, 0.5) is 5.69 Å². The summed E-state index contributed by atoms with van der Waals surface area (Å²) >= 11 is 0. The molecule has 0 aromatic heterocycles. The van der Waals surface area contributed by atoms with Crippen molar-refractivity contribution >= 4 is 5.69 Å². The second-order valence-corrected chi connectivity index (χ2v) is 4.44. The summed E-state index contributed by atoms with van der Waals surface area (Å²) in [5.74, 6) is 0. The predicted molar refractivity (Wildman–Crippen MR) is 72.4 cm³/mol. The van der Waals surface area contributed by atoms with Gasteiger partial charge in [-0.2, -0.15) is 0 Å². The Bertz CT molecular complexity index is 396. The number of nitrogens with zero attached hydrogens (tertiary/aromatic N) is 2. The van der Waals surface area contributed by atoms with Crippen molar-refractivity contribution < 1.29 is 4.92 Å². The molecule has 5 heteroatoms. The molecule has 0 fully saturated rings. The van der Waals surface area contributed by atoms with Gasteiger partial charge < -0.3 is 5.73 Å². The number of unbranched alkanes of at least 4 members (excludes halogenated alkanes) is 1. The minimum absolute atomic E-state index is 0.0384. The first-order chi connectivity index (χ1) is 8.60. The lowest BCUT2D eigenvalue weighted by Crippen LogP contribution is -2.31. The number of benzene rings is 1. The minimum Gasteiger partial charge on any atom is -0.329 e. The molecule has 0 bridgehead atoms. The summed E-state index contributed by atoms with van der Waals surface area (Å²) in [5.41, 5.74) is 6.82. The molecule has 1 aromatic rings. The van der Waals surface area contributed by atoms with Crippen LogP contribution in [-0.2, 0) is 0 Å². The average Bonchev–Trinajstić information content (AvgIpc) is 2.37. The van der Waals surface area contributed by atoms with Crippen LogP contribution in [0.3, 0.4) is 0 Å². The molecule has 5 nitrogen and oxygen atoms in total. The maximum atomic E-state index is 10.8. The summed E-state index contributed by atoms with van der Waals surface area (Å²) in [6.45, 7) is 3.54. The van der Waals surface area contributed by atoms with E-state index in [1.165, 1.54) is 6.07 Å². The molecule has 100 valence electrons. The number of nitro groups is 1. The third kappa shape index (κ3) is 3.78. The highest BCUT2D eigenvalue weighted by Gasteiger charge is 2.17. The first-order valence-corrected chi connectivity index (χ1v) is 6.24. The van der Waals surface area contributed by atoms with E-state index in [-0.39, 0.29) is 16.7 Å². The minimum atomic E-state index is -0.372. The van der Waals surface area contributed by atoms with Gasteiger partial charge in [-0.1, -0.05) is 25.5 Å². The number of nitrogens with two attached hydrogens (primary N) is 1. The van der Waals surface area contributed by atoms with Crippen LogP contribution in [0.25, 0.3) is 0 Å². The van der Waals surface area contributed by atoms with E-state index in [0.29, 0.717) is 6.54 Å². The number of likely N-dealkylation sites (N-methyl/N-ethyl adjacent to an activating group) is 1. The maximum Gasteiger partial charge on any atom is 0.269 e. The van der Waals surface area contributed by atoms with E-state index in [9.17, 15) is 10.1 Å². The van der Waals surface area contributed by atoms with Crippen LogP contribution in [-0.4, -0.2) is 30.0 Å². The molecule has 0 aliphatic carbocycles. The van der Waals surface area contributed by atoms with Crippen molar-refractivity contribution in [2.45, 2.75) is 25.8 Å². The molecule has 2 N–H and O–H groups in total. The molecule has 0 radical (unpaired) electrons. The summed E-state index contributed by atoms with van der Waals surface area (Å²) in [4.78, 5) is 12.6. The summed E-state index contributed by atoms with van der Waals surface area (Å²) in [7, 11) is 2.01. The van der Waals surface area contributed by atoms with Crippen molar-refractivity contribution in [3.05, 3.63) is 39.9 Å². The van der Waals surface area contributed by atoms with Gasteiger partial charge in [0.2, 0.25) is 0 Å². The van der Waals surface area contributed by atoms with Gasteiger partial charge in [-0.25, -0.2) is 0 Å². The van der Waals surface area contributed by atoms with E-state index < -0.39 is 0 Å². The summed E-state index contributed by atoms with van der Waals surface area (Å²) < 4.78 is 0. The van der Waals surface area contributed by atoms with Gasteiger partial charge in [-0.05, 0) is 25.6 Å². The molecule has 0 heterocycles. The van der Waals surface area contributed by atoms with Gasteiger partial charge in [-0.15, -0.1) is 0 Å². The topological polar surface area (TPSA) is 72.4 Å². The molecule has 1 rings (SSSR count). The lowest BCUT2D eigenvalue weighted by Gasteiger charge is -2.27. The van der Waals surface area contributed by atoms with Gasteiger partial charge in [0, 0.05) is 24.7 Å². The van der Waals surface area contributed by atoms with Gasteiger partial charge >= 0.3 is 0 Å². The van der Waals surface area contributed by atoms with Gasteiger partial charge in [-0.3, -0.25) is 15.0 Å². The predicted octanol–water partition coefficient (Wildman–Crippen LogP) is 2.33. The Kier molecular flexibility index (Phi) is 5.74. The Morgan fingerprint density at radius 2 is 2.22 bits per heavy atom. The Morgan fingerprint density at radius 1 is 1.50 bits per heavy atom. The van der Waals surface area contributed by atoms with Crippen molar-refractivity contribution in [3.8, 4) is 0 Å². The molecule has 0 saturated carbocycles. The van der Waals surface area contributed by atoms with E-state index in [4.69, 9.17) is 5.73 Å². The summed E-state index contributed by atoms with van der Waals surface area (Å²) in [6, 6.07) is 6.76. The van der Waals surface area contributed by atoms with Crippen LogP contribution in [0.1, 0.15) is 31.4 Å². The first-order valence-electron chi connectivity index (χ1n) is 6.24. The Balaban J connectivity index is 2.87. The zero-order valence-corrected chi connectivity index (χ0v) is 11.0. The smallest absolute Gasteiger partial charge is 0.269 e. The third-order valence-corrected chi connectivity index (χ3v) is 3.09. The van der Waals surface area contributed by atoms with Crippen molar-refractivity contribution in [1.82, 2.24) is 4.90 Å². The normalized spacial score (nSPS) is 12.7. The number of hydrogen-bond donors (Lipinski definition) is 1. The summed E-state index contributed by atoms with van der Waals surface area (Å²) in [6.07, 6.45) is 2.22. The standard InChI is InChI=1S/C13H21N3O2/c1-3-4-8-15(2)13(10-14)11-6-5-7-12(9-11)16(17)18/h5-7,9,13H,3-4,8,10,14H2,1-2H3. The number of nitro benzene ring substituents is 1. The number of non-ortho nitro benzene ring substituents is 1. The highest BCUT2D eigenvalue weighted by molar-refractivity contribution is 5.36. The molecule has 0 aliphatic heterocycles. The molecule has 1 atom stereocenters. The fraction of sp³-hybridized carbons (Fsp3) is 0.538. The van der Waals surface area contributed by atoms with Crippen LogP contribution in [0.15, 0.2) is 24.3 Å². The van der Waals surface area contributed by atoms with Crippen LogP contribution < -0.4 is 5.73 Å². The van der Waals surface area contributed by atoms with Gasteiger partial charge in [0.05, 0.1) is 4.92 Å². The van der Waals surface area contributed by atoms with Crippen LogP contribution in [0, 0.1) is 10.1 Å². The average molecular weight is 251 g/mol. The lowest BCUT2D eigenvalue weighted by atomic mass is 10.0. The Hall–Kier alpha value is -1.46. The van der Waals surface area contributed by atoms with Crippen LogP contribution in [0.2, 0.25) is 0 Å². The van der Waals surface area contributed by atoms with E-state index in [2.05, 4.69) is 11.8 Å². The fourth-order valence-electron chi connectivity index (χ4n) is 1.98. The molecule has 0 aliphatic rings. The molecule has 18 heavy (non-hydrogen) atoms. The summed E-state index contributed by atoms with van der Waals surface area (Å²) in [5, 5.41) is 10.8. The zero-order valence-electron chi connectivity index (χ0n) is 11.0. The quantitative estimate of drug-likeness (QED) is 0.596. The fourth-order valence-corrected chi connectivity index (χ4v) is 1.98. The molecule has 0 spiro atoms. The Labute approximate surface area is 108 Å². The van der Waals surface area contributed by atoms with Gasteiger partial charge in [0.25, 0.3) is 5.69 Å². The maximum absolute atomic E-state index is 10.8. The second-order valence-electron chi connectivity index (χ2n) is 4.44. The third-order valence-electron chi connectivity index (χ3n) is 3.09.